The molecule has 0 bridgehead atoms. The average Bonchev–Trinajstić information content (AvgIpc) is 3.29. The third-order valence-electron chi connectivity index (χ3n) is 5.98. The van der Waals surface area contributed by atoms with E-state index in [0.717, 1.165) is 27.9 Å². The quantitative estimate of drug-likeness (QED) is 0.386. The Kier molecular flexibility index (Phi) is 7.86. The molecule has 180 valence electrons. The third kappa shape index (κ3) is 5.70. The molecule has 2 aromatic carbocycles. The molecule has 2 unspecified atom stereocenters. The summed E-state index contributed by atoms with van der Waals surface area (Å²) < 4.78 is 0. The number of nitrogens with zero attached hydrogens (tertiary/aromatic N) is 2. The smallest absolute Gasteiger partial charge is 0.248 e. The summed E-state index contributed by atoms with van der Waals surface area (Å²) in [5.74, 6) is -0.368. The number of benzene rings is 2. The Morgan fingerprint density at radius 1 is 1.12 bits per heavy atom. The van der Waals surface area contributed by atoms with Gasteiger partial charge in [-0.3, -0.25) is 9.59 Å². The molecule has 0 saturated heterocycles. The highest BCUT2D eigenvalue weighted by atomic mass is 16.3. The van der Waals surface area contributed by atoms with Crippen LogP contribution in [0.5, 0.6) is 0 Å². The van der Waals surface area contributed by atoms with E-state index in [9.17, 15) is 14.7 Å². The number of nitrogens with one attached hydrogen (secondary N) is 1. The number of aryl methyl sites for hydroxylation is 2. The first-order chi connectivity index (χ1) is 16.1. The number of carbonyl (C=O) groups is 2. The minimum absolute atomic E-state index is 0.0600. The highest BCUT2D eigenvalue weighted by Gasteiger charge is 2.28. The van der Waals surface area contributed by atoms with Gasteiger partial charge >= 0.3 is 0 Å². The van der Waals surface area contributed by atoms with E-state index in [4.69, 9.17) is 11.5 Å². The first-order valence-corrected chi connectivity index (χ1v) is 11.3. The average molecular weight is 464 g/mol. The molecular formula is C26H33N5O3. The number of nitrogens with two attached hydrogens (primary N) is 2. The molecule has 3 aromatic rings. The number of aliphatic hydroxyl groups excluding tert-OH is 1. The Bertz CT molecular complexity index is 1130. The number of carbonyl (C=O) groups excluding carboxylic acids is 2. The number of aromatic nitrogens is 2. The van der Waals surface area contributed by atoms with Crippen molar-refractivity contribution in [2.75, 3.05) is 6.54 Å². The molecule has 1 heterocycles. The van der Waals surface area contributed by atoms with Gasteiger partial charge in [0.2, 0.25) is 11.8 Å². The highest BCUT2D eigenvalue weighted by Crippen LogP contribution is 2.22. The Labute approximate surface area is 200 Å². The zero-order chi connectivity index (χ0) is 25.0. The zero-order valence-electron chi connectivity index (χ0n) is 20.1. The number of hydrogen-bond donors (Lipinski definition) is 4. The van der Waals surface area contributed by atoms with E-state index in [0.29, 0.717) is 17.8 Å². The predicted octanol–water partition coefficient (Wildman–Crippen LogP) is 2.63. The minimum atomic E-state index is -0.991. The van der Waals surface area contributed by atoms with E-state index in [1.807, 2.05) is 58.0 Å². The minimum Gasteiger partial charge on any atom is -0.383 e. The summed E-state index contributed by atoms with van der Waals surface area (Å²) in [7, 11) is 0. The van der Waals surface area contributed by atoms with Crippen molar-refractivity contribution in [1.82, 2.24) is 14.9 Å². The van der Waals surface area contributed by atoms with Gasteiger partial charge in [0.05, 0.1) is 18.3 Å². The Morgan fingerprint density at radius 3 is 2.29 bits per heavy atom. The van der Waals surface area contributed by atoms with Crippen molar-refractivity contribution < 1.29 is 14.7 Å². The van der Waals surface area contributed by atoms with E-state index >= 15 is 0 Å². The largest absolute Gasteiger partial charge is 0.383 e. The second kappa shape index (κ2) is 10.6. The topological polar surface area (TPSA) is 138 Å². The normalized spacial score (nSPS) is 13.0. The lowest BCUT2D eigenvalue weighted by molar-refractivity contribution is -0.136. The molecule has 1 aromatic heterocycles. The number of H-pyrrole nitrogens is 1. The second-order valence-corrected chi connectivity index (χ2v) is 8.90. The van der Waals surface area contributed by atoms with Crippen LogP contribution in [0.25, 0.3) is 11.3 Å². The summed E-state index contributed by atoms with van der Waals surface area (Å²) in [6, 6.07) is 12.1. The molecular weight excluding hydrogens is 430 g/mol. The van der Waals surface area contributed by atoms with E-state index < -0.39 is 18.1 Å². The van der Waals surface area contributed by atoms with Crippen molar-refractivity contribution in [2.45, 2.75) is 52.3 Å². The number of aromatic amines is 1. The maximum absolute atomic E-state index is 13.3. The third-order valence-corrected chi connectivity index (χ3v) is 5.98. The molecule has 6 N–H and O–H groups in total. The van der Waals surface area contributed by atoms with Gasteiger partial charge in [-0.1, -0.05) is 30.3 Å². The SMILES string of the molecule is Cc1cc(C(N)=O)cc(C)c1CC(N)C(=O)N(CC(O)c1nc(-c2ccccc2)c[nH]1)C(C)C. The molecule has 0 spiro atoms. The Hall–Kier alpha value is -3.49. The lowest BCUT2D eigenvalue weighted by atomic mass is 9.93. The van der Waals surface area contributed by atoms with Crippen LogP contribution >= 0.6 is 0 Å². The van der Waals surface area contributed by atoms with Crippen LogP contribution < -0.4 is 11.5 Å². The zero-order valence-corrected chi connectivity index (χ0v) is 20.1. The van der Waals surface area contributed by atoms with Crippen LogP contribution in [-0.4, -0.2) is 50.4 Å². The lowest BCUT2D eigenvalue weighted by Crippen LogP contribution is -2.49. The number of primary amides is 1. The fourth-order valence-corrected chi connectivity index (χ4v) is 4.07. The van der Waals surface area contributed by atoms with Crippen LogP contribution in [-0.2, 0) is 11.2 Å². The van der Waals surface area contributed by atoms with E-state index in [1.165, 1.54) is 0 Å². The van der Waals surface area contributed by atoms with Crippen LogP contribution in [0.15, 0.2) is 48.7 Å². The number of aliphatic hydroxyl groups is 1. The van der Waals surface area contributed by atoms with Crippen LogP contribution in [0, 0.1) is 13.8 Å². The van der Waals surface area contributed by atoms with Gasteiger partial charge in [0.1, 0.15) is 11.9 Å². The van der Waals surface area contributed by atoms with Gasteiger partial charge in [0, 0.05) is 23.4 Å². The van der Waals surface area contributed by atoms with E-state index in [1.54, 1.807) is 23.2 Å². The van der Waals surface area contributed by atoms with Gasteiger partial charge in [0.25, 0.3) is 0 Å². The summed E-state index contributed by atoms with van der Waals surface area (Å²) in [5, 5.41) is 10.8. The van der Waals surface area contributed by atoms with Crippen LogP contribution in [0.2, 0.25) is 0 Å². The fourth-order valence-electron chi connectivity index (χ4n) is 4.07. The number of hydrogen-bond acceptors (Lipinski definition) is 5. The van der Waals surface area contributed by atoms with Gasteiger partial charge in [-0.2, -0.15) is 0 Å². The molecule has 0 fully saturated rings. The van der Waals surface area contributed by atoms with E-state index in [-0.39, 0.29) is 18.5 Å². The molecule has 34 heavy (non-hydrogen) atoms. The van der Waals surface area contributed by atoms with Gasteiger partial charge in [0.15, 0.2) is 0 Å². The molecule has 0 aliphatic carbocycles. The van der Waals surface area contributed by atoms with Crippen molar-refractivity contribution in [3.8, 4) is 11.3 Å². The molecule has 8 heteroatoms. The maximum Gasteiger partial charge on any atom is 0.248 e. The van der Waals surface area contributed by atoms with Gasteiger partial charge < -0.3 is 26.5 Å². The number of imidazole rings is 1. The molecule has 8 nitrogen and oxygen atoms in total. The van der Waals surface area contributed by atoms with Crippen molar-refractivity contribution in [3.05, 3.63) is 76.7 Å². The van der Waals surface area contributed by atoms with Crippen molar-refractivity contribution in [1.29, 1.82) is 0 Å². The molecule has 3 rings (SSSR count). The summed E-state index contributed by atoms with van der Waals surface area (Å²) in [6.07, 6.45) is 1.06. The van der Waals surface area contributed by atoms with Crippen LogP contribution in [0.1, 0.15) is 52.8 Å². The van der Waals surface area contributed by atoms with E-state index in [2.05, 4.69) is 9.97 Å². The van der Waals surface area contributed by atoms with Gasteiger partial charge in [-0.15, -0.1) is 0 Å². The summed E-state index contributed by atoms with van der Waals surface area (Å²) >= 11 is 0. The highest BCUT2D eigenvalue weighted by molar-refractivity contribution is 5.93. The first kappa shape index (κ1) is 25.1. The maximum atomic E-state index is 13.3. The van der Waals surface area contributed by atoms with Crippen LogP contribution in [0.3, 0.4) is 0 Å². The fraction of sp³-hybridized carbons (Fsp3) is 0.346. The molecule has 0 saturated carbocycles. The second-order valence-electron chi connectivity index (χ2n) is 8.90. The first-order valence-electron chi connectivity index (χ1n) is 11.3. The summed E-state index contributed by atoms with van der Waals surface area (Å²) in [5.41, 5.74) is 16.4. The lowest BCUT2D eigenvalue weighted by Gasteiger charge is -2.31. The number of rotatable bonds is 9. The summed E-state index contributed by atoms with van der Waals surface area (Å²) in [6.45, 7) is 7.57. The Morgan fingerprint density at radius 2 is 1.74 bits per heavy atom. The molecule has 2 amide bonds. The molecule has 2 atom stereocenters. The predicted molar refractivity (Wildman–Crippen MR) is 132 cm³/mol. The molecule has 0 radical (unpaired) electrons. The van der Waals surface area contributed by atoms with Gasteiger partial charge in [-0.25, -0.2) is 4.98 Å². The monoisotopic (exact) mass is 463 g/mol. The van der Waals surface area contributed by atoms with Crippen LogP contribution in [0.4, 0.5) is 0 Å². The van der Waals surface area contributed by atoms with Crippen molar-refractivity contribution >= 4 is 11.8 Å². The molecule has 0 aliphatic heterocycles. The van der Waals surface area contributed by atoms with Gasteiger partial charge in [-0.05, 0) is 62.9 Å². The standard InChI is InChI=1S/C26H33N5O3/c1-15(2)31(14-23(32)25-29-13-22(30-25)18-8-6-5-7-9-18)26(34)21(27)12-20-16(3)10-19(24(28)33)11-17(20)4/h5-11,13,15,21,23,32H,12,14,27H2,1-4H3,(H2,28,33)(H,29,30). The van der Waals surface area contributed by atoms with Crippen molar-refractivity contribution in [3.63, 3.8) is 0 Å². The van der Waals surface area contributed by atoms with Crippen molar-refractivity contribution in [2.24, 2.45) is 11.5 Å². The summed E-state index contributed by atoms with van der Waals surface area (Å²) in [4.78, 5) is 33.9. The molecule has 0 aliphatic rings. The Balaban J connectivity index is 1.73. The number of amides is 2.